The van der Waals surface area contributed by atoms with E-state index in [1.54, 1.807) is 4.90 Å². The van der Waals surface area contributed by atoms with E-state index >= 15 is 0 Å². The summed E-state index contributed by atoms with van der Waals surface area (Å²) < 4.78 is 5.62. The molecule has 0 unspecified atom stereocenters. The number of nitrogens with one attached hydrogen (secondary N) is 1. The third kappa shape index (κ3) is 6.61. The number of amides is 2. The lowest BCUT2D eigenvalue weighted by Crippen LogP contribution is -2.52. The maximum atomic E-state index is 12.4. The molecule has 0 saturated carbocycles. The van der Waals surface area contributed by atoms with Crippen LogP contribution in [0.1, 0.15) is 18.1 Å². The summed E-state index contributed by atoms with van der Waals surface area (Å²) in [5.74, 6) is 0.703. The summed E-state index contributed by atoms with van der Waals surface area (Å²) in [6.07, 6.45) is 0.980. The molecule has 3 rings (SSSR count). The maximum Gasteiger partial charge on any atom is 0.260 e. The number of nitrogens with zero attached hydrogens (tertiary/aromatic N) is 2. The summed E-state index contributed by atoms with van der Waals surface area (Å²) in [4.78, 5) is 28.4. The van der Waals surface area contributed by atoms with Gasteiger partial charge < -0.3 is 15.0 Å². The number of piperazine rings is 1. The Kier molecular flexibility index (Phi) is 7.64. The number of aryl methyl sites for hydroxylation is 1. The first-order valence-corrected chi connectivity index (χ1v) is 10.2. The Bertz CT molecular complexity index is 785. The lowest BCUT2D eigenvalue weighted by molar-refractivity contribution is -0.135. The van der Waals surface area contributed by atoms with Crippen LogP contribution in [0.25, 0.3) is 0 Å². The van der Waals surface area contributed by atoms with Crippen LogP contribution < -0.4 is 10.1 Å². The highest BCUT2D eigenvalue weighted by Gasteiger charge is 2.22. The Balaban J connectivity index is 1.34. The first-order valence-electron chi connectivity index (χ1n) is 10.2. The molecule has 0 spiro atoms. The fourth-order valence-electron chi connectivity index (χ4n) is 3.27. The van der Waals surface area contributed by atoms with E-state index in [0.29, 0.717) is 45.0 Å². The van der Waals surface area contributed by atoms with Crippen molar-refractivity contribution in [1.82, 2.24) is 15.1 Å². The minimum Gasteiger partial charge on any atom is -0.484 e. The second-order valence-electron chi connectivity index (χ2n) is 7.21. The minimum atomic E-state index is -0.0160. The molecule has 0 aliphatic carbocycles. The molecule has 1 aliphatic rings. The Morgan fingerprint density at radius 1 is 0.931 bits per heavy atom. The number of carbonyl (C=O) groups is 2. The van der Waals surface area contributed by atoms with Crippen molar-refractivity contribution >= 4 is 11.8 Å². The Morgan fingerprint density at radius 3 is 2.28 bits per heavy atom. The lowest BCUT2D eigenvalue weighted by atomic mass is 10.2. The predicted octanol–water partition coefficient (Wildman–Crippen LogP) is 2.09. The molecular weight excluding hydrogens is 366 g/mol. The van der Waals surface area contributed by atoms with Gasteiger partial charge in [0.05, 0.1) is 6.54 Å². The smallest absolute Gasteiger partial charge is 0.260 e. The molecule has 1 aliphatic heterocycles. The standard InChI is InChI=1S/C23H29N3O3/c1-2-19-8-10-21(11-9-19)29-18-23(28)26-14-12-25(13-15-26)17-22(27)24-16-20-6-4-3-5-7-20/h3-11H,2,12-18H2,1H3,(H,24,27). The molecular formula is C23H29N3O3. The molecule has 1 heterocycles. The van der Waals surface area contributed by atoms with Gasteiger partial charge in [-0.1, -0.05) is 49.4 Å². The summed E-state index contributed by atoms with van der Waals surface area (Å²) in [6.45, 7) is 5.65. The second-order valence-corrected chi connectivity index (χ2v) is 7.21. The van der Waals surface area contributed by atoms with Crippen LogP contribution in [-0.4, -0.2) is 60.9 Å². The zero-order valence-corrected chi connectivity index (χ0v) is 17.0. The van der Waals surface area contributed by atoms with Crippen molar-refractivity contribution in [3.05, 3.63) is 65.7 Å². The van der Waals surface area contributed by atoms with Crippen LogP contribution in [-0.2, 0) is 22.6 Å². The third-order valence-corrected chi connectivity index (χ3v) is 5.12. The Hall–Kier alpha value is -2.86. The number of hydrogen-bond donors (Lipinski definition) is 1. The van der Waals surface area contributed by atoms with Gasteiger partial charge in [0.2, 0.25) is 5.91 Å². The zero-order chi connectivity index (χ0) is 20.5. The van der Waals surface area contributed by atoms with Crippen molar-refractivity contribution in [3.63, 3.8) is 0 Å². The molecule has 6 heteroatoms. The van der Waals surface area contributed by atoms with E-state index < -0.39 is 0 Å². The summed E-state index contributed by atoms with van der Waals surface area (Å²) >= 11 is 0. The molecule has 0 bridgehead atoms. The number of hydrogen-bond acceptors (Lipinski definition) is 4. The van der Waals surface area contributed by atoms with Crippen LogP contribution >= 0.6 is 0 Å². The first kappa shape index (κ1) is 20.9. The van der Waals surface area contributed by atoms with E-state index in [1.807, 2.05) is 54.6 Å². The molecule has 2 aromatic rings. The van der Waals surface area contributed by atoms with Crippen molar-refractivity contribution in [2.45, 2.75) is 19.9 Å². The van der Waals surface area contributed by atoms with Gasteiger partial charge in [-0.2, -0.15) is 0 Å². The van der Waals surface area contributed by atoms with Gasteiger partial charge in [-0.25, -0.2) is 0 Å². The lowest BCUT2D eigenvalue weighted by Gasteiger charge is -2.34. The number of benzene rings is 2. The van der Waals surface area contributed by atoms with Crippen molar-refractivity contribution in [2.24, 2.45) is 0 Å². The molecule has 29 heavy (non-hydrogen) atoms. The van der Waals surface area contributed by atoms with Gasteiger partial charge in [0.25, 0.3) is 5.91 Å². The monoisotopic (exact) mass is 395 g/mol. The number of ether oxygens (including phenoxy) is 1. The van der Waals surface area contributed by atoms with Crippen LogP contribution in [0, 0.1) is 0 Å². The topological polar surface area (TPSA) is 61.9 Å². The van der Waals surface area contributed by atoms with Crippen LogP contribution in [0.5, 0.6) is 5.75 Å². The summed E-state index contributed by atoms with van der Waals surface area (Å²) in [6, 6.07) is 17.7. The van der Waals surface area contributed by atoms with Gasteiger partial charge in [-0.05, 0) is 29.7 Å². The summed E-state index contributed by atoms with van der Waals surface area (Å²) in [5, 5.41) is 2.95. The van der Waals surface area contributed by atoms with Crippen LogP contribution in [0.3, 0.4) is 0 Å². The Labute approximate surface area is 172 Å². The fourth-order valence-corrected chi connectivity index (χ4v) is 3.27. The van der Waals surface area contributed by atoms with Gasteiger partial charge in [0, 0.05) is 32.7 Å². The van der Waals surface area contributed by atoms with E-state index in [4.69, 9.17) is 4.74 Å². The third-order valence-electron chi connectivity index (χ3n) is 5.12. The van der Waals surface area contributed by atoms with E-state index in [-0.39, 0.29) is 18.4 Å². The van der Waals surface area contributed by atoms with Crippen LogP contribution in [0.15, 0.2) is 54.6 Å². The summed E-state index contributed by atoms with van der Waals surface area (Å²) in [7, 11) is 0. The SMILES string of the molecule is CCc1ccc(OCC(=O)N2CCN(CC(=O)NCc3ccccc3)CC2)cc1. The van der Waals surface area contributed by atoms with Crippen molar-refractivity contribution < 1.29 is 14.3 Å². The van der Waals surface area contributed by atoms with E-state index in [1.165, 1.54) is 5.56 Å². The molecule has 0 atom stereocenters. The molecule has 0 aromatic heterocycles. The van der Waals surface area contributed by atoms with Gasteiger partial charge >= 0.3 is 0 Å². The molecule has 154 valence electrons. The molecule has 1 N–H and O–H groups in total. The highest BCUT2D eigenvalue weighted by molar-refractivity contribution is 5.79. The number of rotatable bonds is 8. The molecule has 6 nitrogen and oxygen atoms in total. The average molecular weight is 396 g/mol. The Morgan fingerprint density at radius 2 is 1.62 bits per heavy atom. The molecule has 0 radical (unpaired) electrons. The normalized spacial score (nSPS) is 14.4. The zero-order valence-electron chi connectivity index (χ0n) is 17.0. The van der Waals surface area contributed by atoms with Gasteiger partial charge in [0.1, 0.15) is 5.75 Å². The average Bonchev–Trinajstić information content (AvgIpc) is 2.77. The van der Waals surface area contributed by atoms with E-state index in [2.05, 4.69) is 17.1 Å². The quantitative estimate of drug-likeness (QED) is 0.744. The summed E-state index contributed by atoms with van der Waals surface area (Å²) in [5.41, 5.74) is 2.33. The fraction of sp³-hybridized carbons (Fsp3) is 0.391. The minimum absolute atomic E-state index is 0.00693. The highest BCUT2D eigenvalue weighted by atomic mass is 16.5. The van der Waals surface area contributed by atoms with Gasteiger partial charge in [0.15, 0.2) is 6.61 Å². The number of carbonyl (C=O) groups excluding carboxylic acids is 2. The van der Waals surface area contributed by atoms with Crippen molar-refractivity contribution in [2.75, 3.05) is 39.3 Å². The van der Waals surface area contributed by atoms with Crippen molar-refractivity contribution in [3.8, 4) is 5.75 Å². The largest absolute Gasteiger partial charge is 0.484 e. The van der Waals surface area contributed by atoms with E-state index in [0.717, 1.165) is 12.0 Å². The molecule has 1 fully saturated rings. The molecule has 1 saturated heterocycles. The van der Waals surface area contributed by atoms with Crippen molar-refractivity contribution in [1.29, 1.82) is 0 Å². The van der Waals surface area contributed by atoms with E-state index in [9.17, 15) is 9.59 Å². The van der Waals surface area contributed by atoms with Gasteiger partial charge in [-0.15, -0.1) is 0 Å². The van der Waals surface area contributed by atoms with Crippen LogP contribution in [0.4, 0.5) is 0 Å². The first-order chi connectivity index (χ1) is 14.1. The molecule has 2 amide bonds. The highest BCUT2D eigenvalue weighted by Crippen LogP contribution is 2.13. The van der Waals surface area contributed by atoms with Crippen LogP contribution in [0.2, 0.25) is 0 Å². The maximum absolute atomic E-state index is 12.4. The van der Waals surface area contributed by atoms with Gasteiger partial charge in [-0.3, -0.25) is 14.5 Å². The molecule has 2 aromatic carbocycles. The predicted molar refractivity (Wildman–Crippen MR) is 113 cm³/mol. The second kappa shape index (κ2) is 10.6.